The number of para-hydroxylation sites is 1. The van der Waals surface area contributed by atoms with Crippen molar-refractivity contribution in [3.05, 3.63) is 60.2 Å². The van der Waals surface area contributed by atoms with Gasteiger partial charge in [0.2, 0.25) is 5.91 Å². The maximum atomic E-state index is 12.4. The van der Waals surface area contributed by atoms with Crippen molar-refractivity contribution in [2.75, 3.05) is 33.4 Å². The molecular formula is C24H32N2O3. The molecule has 29 heavy (non-hydrogen) atoms. The van der Waals surface area contributed by atoms with Gasteiger partial charge in [0, 0.05) is 13.0 Å². The topological polar surface area (TPSA) is 50.8 Å². The van der Waals surface area contributed by atoms with Crippen molar-refractivity contribution in [3.63, 3.8) is 0 Å². The molecule has 1 saturated heterocycles. The Balaban J connectivity index is 1.50. The van der Waals surface area contributed by atoms with Crippen LogP contribution in [0.5, 0.6) is 11.5 Å². The summed E-state index contributed by atoms with van der Waals surface area (Å²) in [5, 5.41) is 3.14. The van der Waals surface area contributed by atoms with Crippen molar-refractivity contribution < 1.29 is 14.3 Å². The molecule has 1 N–H and O–H groups in total. The Morgan fingerprint density at radius 1 is 1.03 bits per heavy atom. The first-order valence-electron chi connectivity index (χ1n) is 10.6. The Hall–Kier alpha value is -2.53. The Morgan fingerprint density at radius 2 is 1.79 bits per heavy atom. The lowest BCUT2D eigenvalue weighted by Crippen LogP contribution is -2.40. The number of carbonyl (C=O) groups excluding carboxylic acids is 1. The number of benzene rings is 2. The molecule has 0 saturated carbocycles. The molecule has 1 amide bonds. The zero-order valence-electron chi connectivity index (χ0n) is 17.3. The number of nitrogens with one attached hydrogen (secondary N) is 1. The summed E-state index contributed by atoms with van der Waals surface area (Å²) in [7, 11) is 1.69. The van der Waals surface area contributed by atoms with Gasteiger partial charge in [-0.05, 0) is 62.2 Å². The average molecular weight is 397 g/mol. The number of methoxy groups -OCH3 is 1. The molecule has 1 unspecified atom stereocenters. The maximum absolute atomic E-state index is 12.4. The summed E-state index contributed by atoms with van der Waals surface area (Å²) in [6.07, 6.45) is 4.89. The highest BCUT2D eigenvalue weighted by Gasteiger charge is 2.23. The van der Waals surface area contributed by atoms with Crippen molar-refractivity contribution in [2.24, 2.45) is 0 Å². The number of hydrogen-bond donors (Lipinski definition) is 1. The van der Waals surface area contributed by atoms with E-state index in [1.807, 2.05) is 42.5 Å². The second-order valence-electron chi connectivity index (χ2n) is 7.46. The molecule has 0 bridgehead atoms. The molecule has 1 fully saturated rings. The van der Waals surface area contributed by atoms with Crippen LogP contribution in [0, 0.1) is 0 Å². The molecule has 0 aromatic heterocycles. The summed E-state index contributed by atoms with van der Waals surface area (Å²) < 4.78 is 11.1. The second-order valence-corrected chi connectivity index (χ2v) is 7.46. The Bertz CT molecular complexity index is 745. The van der Waals surface area contributed by atoms with Crippen LogP contribution in [0.2, 0.25) is 0 Å². The Morgan fingerprint density at radius 3 is 2.55 bits per heavy atom. The van der Waals surface area contributed by atoms with Crippen molar-refractivity contribution >= 4 is 5.91 Å². The number of carbonyl (C=O) groups is 1. The molecule has 0 aliphatic carbocycles. The van der Waals surface area contributed by atoms with Gasteiger partial charge in [-0.3, -0.25) is 9.69 Å². The summed E-state index contributed by atoms with van der Waals surface area (Å²) in [5.41, 5.74) is 1.19. The van der Waals surface area contributed by atoms with Gasteiger partial charge in [0.05, 0.1) is 19.8 Å². The van der Waals surface area contributed by atoms with Crippen molar-refractivity contribution in [1.82, 2.24) is 10.2 Å². The van der Waals surface area contributed by atoms with E-state index in [9.17, 15) is 4.79 Å². The van der Waals surface area contributed by atoms with Crippen LogP contribution in [-0.4, -0.2) is 44.2 Å². The van der Waals surface area contributed by atoms with Crippen LogP contribution >= 0.6 is 0 Å². The van der Waals surface area contributed by atoms with Crippen LogP contribution in [0.4, 0.5) is 0 Å². The highest BCUT2D eigenvalue weighted by Crippen LogP contribution is 2.26. The minimum atomic E-state index is 0.0755. The fourth-order valence-electron chi connectivity index (χ4n) is 3.77. The molecular weight excluding hydrogens is 364 g/mol. The Labute approximate surface area is 174 Å². The lowest BCUT2D eigenvalue weighted by atomic mass is 10.0. The van der Waals surface area contributed by atoms with E-state index in [-0.39, 0.29) is 11.9 Å². The monoisotopic (exact) mass is 396 g/mol. The zero-order valence-corrected chi connectivity index (χ0v) is 17.3. The standard InChI is InChI=1S/C24H32N2O3/c1-28-22-13-8-10-20(18-22)23(26-15-6-3-7-16-26)19-25-24(27)14-9-17-29-21-11-4-2-5-12-21/h2,4-5,8,10-13,18,23H,3,6-7,9,14-17,19H2,1H3,(H,25,27). The van der Waals surface area contributed by atoms with Gasteiger partial charge in [0.25, 0.3) is 0 Å². The molecule has 2 aromatic carbocycles. The summed E-state index contributed by atoms with van der Waals surface area (Å²) in [4.78, 5) is 14.9. The van der Waals surface area contributed by atoms with Crippen molar-refractivity contribution in [3.8, 4) is 11.5 Å². The maximum Gasteiger partial charge on any atom is 0.220 e. The predicted molar refractivity (Wildman–Crippen MR) is 115 cm³/mol. The molecule has 1 aliphatic rings. The molecule has 5 nitrogen and oxygen atoms in total. The lowest BCUT2D eigenvalue weighted by molar-refractivity contribution is -0.121. The van der Waals surface area contributed by atoms with Gasteiger partial charge in [-0.2, -0.15) is 0 Å². The molecule has 0 spiro atoms. The summed E-state index contributed by atoms with van der Waals surface area (Å²) in [6.45, 7) is 3.31. The number of likely N-dealkylation sites (tertiary alicyclic amines) is 1. The van der Waals surface area contributed by atoms with E-state index in [1.165, 1.54) is 24.8 Å². The number of piperidine rings is 1. The normalized spacial score (nSPS) is 15.5. The smallest absolute Gasteiger partial charge is 0.220 e. The van der Waals surface area contributed by atoms with Crippen LogP contribution < -0.4 is 14.8 Å². The third kappa shape index (κ3) is 6.79. The van der Waals surface area contributed by atoms with Crippen LogP contribution in [0.15, 0.2) is 54.6 Å². The first-order valence-corrected chi connectivity index (χ1v) is 10.6. The van der Waals surface area contributed by atoms with Gasteiger partial charge in [0.1, 0.15) is 11.5 Å². The first kappa shape index (κ1) is 21.2. The Kier molecular flexibility index (Phi) is 8.38. The fourth-order valence-corrected chi connectivity index (χ4v) is 3.77. The molecule has 156 valence electrons. The van der Waals surface area contributed by atoms with E-state index in [4.69, 9.17) is 9.47 Å². The molecule has 5 heteroatoms. The number of rotatable bonds is 10. The first-order chi connectivity index (χ1) is 14.3. The van der Waals surface area contributed by atoms with Gasteiger partial charge in [0.15, 0.2) is 0 Å². The van der Waals surface area contributed by atoms with Crippen molar-refractivity contribution in [1.29, 1.82) is 0 Å². The van der Waals surface area contributed by atoms with E-state index in [0.29, 0.717) is 26.0 Å². The minimum Gasteiger partial charge on any atom is -0.497 e. The third-order valence-electron chi connectivity index (χ3n) is 5.36. The highest BCUT2D eigenvalue weighted by molar-refractivity contribution is 5.75. The van der Waals surface area contributed by atoms with E-state index < -0.39 is 0 Å². The molecule has 1 heterocycles. The van der Waals surface area contributed by atoms with E-state index in [1.54, 1.807) is 7.11 Å². The number of ether oxygens (including phenoxy) is 2. The molecule has 3 rings (SSSR count). The van der Waals surface area contributed by atoms with E-state index >= 15 is 0 Å². The van der Waals surface area contributed by atoms with Crippen LogP contribution in [0.3, 0.4) is 0 Å². The quantitative estimate of drug-likeness (QED) is 0.612. The summed E-state index contributed by atoms with van der Waals surface area (Å²) >= 11 is 0. The SMILES string of the molecule is COc1cccc(C(CNC(=O)CCCOc2ccccc2)N2CCCCC2)c1. The predicted octanol–water partition coefficient (Wildman–Crippen LogP) is 4.20. The van der Waals surface area contributed by atoms with Gasteiger partial charge in [-0.15, -0.1) is 0 Å². The fraction of sp³-hybridized carbons (Fsp3) is 0.458. The largest absolute Gasteiger partial charge is 0.497 e. The lowest BCUT2D eigenvalue weighted by Gasteiger charge is -2.35. The summed E-state index contributed by atoms with van der Waals surface area (Å²) in [5.74, 6) is 1.77. The van der Waals surface area contributed by atoms with Gasteiger partial charge in [-0.25, -0.2) is 0 Å². The molecule has 1 aliphatic heterocycles. The van der Waals surface area contributed by atoms with Crippen molar-refractivity contribution in [2.45, 2.75) is 38.1 Å². The van der Waals surface area contributed by atoms with Gasteiger partial charge < -0.3 is 14.8 Å². The second kappa shape index (κ2) is 11.5. The zero-order chi connectivity index (χ0) is 20.3. The minimum absolute atomic E-state index is 0.0755. The molecule has 0 radical (unpaired) electrons. The third-order valence-corrected chi connectivity index (χ3v) is 5.36. The van der Waals surface area contributed by atoms with Gasteiger partial charge in [-0.1, -0.05) is 36.8 Å². The number of nitrogens with zero attached hydrogens (tertiary/aromatic N) is 1. The van der Waals surface area contributed by atoms with E-state index in [2.05, 4.69) is 22.3 Å². The van der Waals surface area contributed by atoms with Crippen LogP contribution in [0.1, 0.15) is 43.7 Å². The van der Waals surface area contributed by atoms with Crippen LogP contribution in [-0.2, 0) is 4.79 Å². The van der Waals surface area contributed by atoms with Crippen LogP contribution in [0.25, 0.3) is 0 Å². The highest BCUT2D eigenvalue weighted by atomic mass is 16.5. The van der Waals surface area contributed by atoms with Gasteiger partial charge >= 0.3 is 0 Å². The number of amides is 1. The molecule has 2 aromatic rings. The molecule has 1 atom stereocenters. The summed E-state index contributed by atoms with van der Waals surface area (Å²) in [6, 6.07) is 18.1. The average Bonchev–Trinajstić information content (AvgIpc) is 2.78. The van der Waals surface area contributed by atoms with E-state index in [0.717, 1.165) is 24.6 Å². The number of hydrogen-bond acceptors (Lipinski definition) is 4.